The van der Waals surface area contributed by atoms with Gasteiger partial charge in [0.2, 0.25) is 0 Å². The molecular formula is C13H19NO2S. The van der Waals surface area contributed by atoms with Gasteiger partial charge in [0.05, 0.1) is 0 Å². The fourth-order valence-corrected chi connectivity index (χ4v) is 3.13. The van der Waals surface area contributed by atoms with Gasteiger partial charge in [-0.3, -0.25) is 9.69 Å². The standard InChI is InChI=1S/C13H19NO2S/c1-10-2-5-14(12(8-10)13(15)16)6-3-11-4-7-17-9-11/h4,7,9-10,12H,2-3,5-6,8H2,1H3,(H,15,16). The van der Waals surface area contributed by atoms with Crippen LogP contribution in [0.5, 0.6) is 0 Å². The van der Waals surface area contributed by atoms with Gasteiger partial charge in [-0.1, -0.05) is 6.92 Å². The molecular weight excluding hydrogens is 234 g/mol. The molecule has 2 atom stereocenters. The number of carboxylic acids is 1. The lowest BCUT2D eigenvalue weighted by Gasteiger charge is -2.35. The molecule has 0 saturated carbocycles. The number of aliphatic carboxylic acids is 1. The largest absolute Gasteiger partial charge is 0.480 e. The van der Waals surface area contributed by atoms with Crippen molar-refractivity contribution in [1.82, 2.24) is 4.90 Å². The van der Waals surface area contributed by atoms with Crippen molar-refractivity contribution in [2.45, 2.75) is 32.2 Å². The van der Waals surface area contributed by atoms with E-state index in [2.05, 4.69) is 28.7 Å². The van der Waals surface area contributed by atoms with Crippen LogP contribution in [0.25, 0.3) is 0 Å². The second-order valence-corrected chi connectivity index (χ2v) is 5.68. The summed E-state index contributed by atoms with van der Waals surface area (Å²) in [5, 5.41) is 13.5. The first-order chi connectivity index (χ1) is 8.16. The molecule has 1 saturated heterocycles. The van der Waals surface area contributed by atoms with Crippen molar-refractivity contribution in [3.05, 3.63) is 22.4 Å². The monoisotopic (exact) mass is 253 g/mol. The number of piperidine rings is 1. The zero-order valence-electron chi connectivity index (χ0n) is 10.1. The zero-order chi connectivity index (χ0) is 12.3. The summed E-state index contributed by atoms with van der Waals surface area (Å²) in [5.74, 6) is -0.129. The van der Waals surface area contributed by atoms with Gasteiger partial charge in [0.1, 0.15) is 6.04 Å². The first-order valence-electron chi connectivity index (χ1n) is 6.14. The predicted molar refractivity (Wildman–Crippen MR) is 69.4 cm³/mol. The number of likely N-dealkylation sites (tertiary alicyclic amines) is 1. The maximum Gasteiger partial charge on any atom is 0.320 e. The minimum atomic E-state index is -0.665. The summed E-state index contributed by atoms with van der Waals surface area (Å²) in [6.45, 7) is 3.93. The highest BCUT2D eigenvalue weighted by Gasteiger charge is 2.31. The Morgan fingerprint density at radius 1 is 1.65 bits per heavy atom. The van der Waals surface area contributed by atoms with Gasteiger partial charge in [-0.05, 0) is 54.1 Å². The zero-order valence-corrected chi connectivity index (χ0v) is 10.9. The third-order valence-electron chi connectivity index (χ3n) is 3.53. The summed E-state index contributed by atoms with van der Waals surface area (Å²) in [6.07, 6.45) is 2.87. The lowest BCUT2D eigenvalue weighted by Crippen LogP contribution is -2.47. The third kappa shape index (κ3) is 3.30. The number of carboxylic acid groups (broad SMARTS) is 1. The summed E-state index contributed by atoms with van der Waals surface area (Å²) >= 11 is 1.70. The first kappa shape index (κ1) is 12.6. The van der Waals surface area contributed by atoms with E-state index in [9.17, 15) is 9.90 Å². The van der Waals surface area contributed by atoms with Gasteiger partial charge in [-0.2, -0.15) is 11.3 Å². The van der Waals surface area contributed by atoms with Crippen LogP contribution < -0.4 is 0 Å². The Morgan fingerprint density at radius 2 is 2.47 bits per heavy atom. The van der Waals surface area contributed by atoms with E-state index in [4.69, 9.17) is 0 Å². The van der Waals surface area contributed by atoms with E-state index in [1.165, 1.54) is 5.56 Å². The molecule has 0 spiro atoms. The second-order valence-electron chi connectivity index (χ2n) is 4.90. The van der Waals surface area contributed by atoms with E-state index < -0.39 is 5.97 Å². The van der Waals surface area contributed by atoms with Gasteiger partial charge in [0.15, 0.2) is 0 Å². The molecule has 1 aromatic heterocycles. The van der Waals surface area contributed by atoms with Gasteiger partial charge in [0.25, 0.3) is 0 Å². The molecule has 1 aromatic rings. The summed E-state index contributed by atoms with van der Waals surface area (Å²) in [7, 11) is 0. The molecule has 1 fully saturated rings. The van der Waals surface area contributed by atoms with Crippen molar-refractivity contribution in [2.75, 3.05) is 13.1 Å². The molecule has 1 N–H and O–H groups in total. The van der Waals surface area contributed by atoms with Gasteiger partial charge in [-0.25, -0.2) is 0 Å². The Bertz CT molecular complexity index is 364. The average molecular weight is 253 g/mol. The quantitative estimate of drug-likeness (QED) is 0.896. The minimum absolute atomic E-state index is 0.280. The van der Waals surface area contributed by atoms with Crippen LogP contribution in [0, 0.1) is 5.92 Å². The van der Waals surface area contributed by atoms with E-state index >= 15 is 0 Å². The molecule has 1 aliphatic heterocycles. The molecule has 2 unspecified atom stereocenters. The van der Waals surface area contributed by atoms with Crippen LogP contribution in [-0.2, 0) is 11.2 Å². The van der Waals surface area contributed by atoms with Crippen LogP contribution in [0.2, 0.25) is 0 Å². The lowest BCUT2D eigenvalue weighted by molar-refractivity contribution is -0.145. The smallest absolute Gasteiger partial charge is 0.320 e. The van der Waals surface area contributed by atoms with Gasteiger partial charge in [-0.15, -0.1) is 0 Å². The molecule has 1 aliphatic rings. The van der Waals surface area contributed by atoms with E-state index in [1.54, 1.807) is 11.3 Å². The first-order valence-corrected chi connectivity index (χ1v) is 7.09. The van der Waals surface area contributed by atoms with Crippen LogP contribution in [0.4, 0.5) is 0 Å². The molecule has 0 bridgehead atoms. The summed E-state index contributed by atoms with van der Waals surface area (Å²) < 4.78 is 0. The van der Waals surface area contributed by atoms with Gasteiger partial charge in [0, 0.05) is 6.54 Å². The van der Waals surface area contributed by atoms with Gasteiger partial charge < -0.3 is 5.11 Å². The number of hydrogen-bond acceptors (Lipinski definition) is 3. The van der Waals surface area contributed by atoms with Crippen molar-refractivity contribution >= 4 is 17.3 Å². The van der Waals surface area contributed by atoms with E-state index in [-0.39, 0.29) is 6.04 Å². The van der Waals surface area contributed by atoms with Crippen molar-refractivity contribution < 1.29 is 9.90 Å². The van der Waals surface area contributed by atoms with Crippen LogP contribution in [0.3, 0.4) is 0 Å². The highest BCUT2D eigenvalue weighted by atomic mass is 32.1. The summed E-state index contributed by atoms with van der Waals surface area (Å²) in [5.41, 5.74) is 1.32. The Hall–Kier alpha value is -0.870. The Balaban J connectivity index is 1.91. The topological polar surface area (TPSA) is 40.5 Å². The van der Waals surface area contributed by atoms with Crippen LogP contribution in [0.15, 0.2) is 16.8 Å². The average Bonchev–Trinajstić information content (AvgIpc) is 2.80. The minimum Gasteiger partial charge on any atom is -0.480 e. The molecule has 2 heterocycles. The van der Waals surface area contributed by atoms with Crippen LogP contribution in [0.1, 0.15) is 25.3 Å². The van der Waals surface area contributed by atoms with Crippen molar-refractivity contribution in [2.24, 2.45) is 5.92 Å². The SMILES string of the molecule is CC1CCN(CCc2ccsc2)C(C(=O)O)C1. The summed E-state index contributed by atoms with van der Waals surface area (Å²) in [6, 6.07) is 1.84. The van der Waals surface area contributed by atoms with E-state index in [1.807, 2.05) is 0 Å². The molecule has 2 rings (SSSR count). The fourth-order valence-electron chi connectivity index (χ4n) is 2.42. The van der Waals surface area contributed by atoms with Crippen molar-refractivity contribution in [3.63, 3.8) is 0 Å². The highest BCUT2D eigenvalue weighted by molar-refractivity contribution is 7.07. The molecule has 94 valence electrons. The summed E-state index contributed by atoms with van der Waals surface area (Å²) in [4.78, 5) is 13.4. The fraction of sp³-hybridized carbons (Fsp3) is 0.615. The van der Waals surface area contributed by atoms with E-state index in [0.29, 0.717) is 5.92 Å². The van der Waals surface area contributed by atoms with Gasteiger partial charge >= 0.3 is 5.97 Å². The normalized spacial score (nSPS) is 25.9. The molecule has 17 heavy (non-hydrogen) atoms. The number of hydrogen-bond donors (Lipinski definition) is 1. The van der Waals surface area contributed by atoms with Crippen molar-refractivity contribution in [1.29, 1.82) is 0 Å². The van der Waals surface area contributed by atoms with E-state index in [0.717, 1.165) is 32.4 Å². The number of rotatable bonds is 4. The number of nitrogens with zero attached hydrogens (tertiary/aromatic N) is 1. The second kappa shape index (κ2) is 5.65. The highest BCUT2D eigenvalue weighted by Crippen LogP contribution is 2.23. The number of thiophene rings is 1. The molecule has 0 amide bonds. The lowest BCUT2D eigenvalue weighted by atomic mass is 9.92. The van der Waals surface area contributed by atoms with Crippen molar-refractivity contribution in [3.8, 4) is 0 Å². The maximum absolute atomic E-state index is 11.2. The molecule has 0 radical (unpaired) electrons. The third-order valence-corrected chi connectivity index (χ3v) is 4.26. The Kier molecular flexibility index (Phi) is 4.18. The number of carbonyl (C=O) groups is 1. The molecule has 4 heteroatoms. The Morgan fingerprint density at radius 3 is 3.12 bits per heavy atom. The Labute approximate surface area is 106 Å². The maximum atomic E-state index is 11.2. The predicted octanol–water partition coefficient (Wildman–Crippen LogP) is 2.48. The molecule has 3 nitrogen and oxygen atoms in total. The van der Waals surface area contributed by atoms with Crippen LogP contribution in [-0.4, -0.2) is 35.1 Å². The molecule has 0 aliphatic carbocycles. The van der Waals surface area contributed by atoms with Crippen LogP contribution >= 0.6 is 11.3 Å². The molecule has 0 aromatic carbocycles.